The molecule has 3 N–H and O–H groups in total. The number of amides is 1. The minimum Gasteiger partial charge on any atom is -0.368 e. The first kappa shape index (κ1) is 14.2. The van der Waals surface area contributed by atoms with Gasteiger partial charge < -0.3 is 5.73 Å². The highest BCUT2D eigenvalue weighted by molar-refractivity contribution is 7.89. The molecule has 0 bridgehead atoms. The van der Waals surface area contributed by atoms with E-state index in [1.54, 1.807) is 6.92 Å². The molecule has 0 fully saturated rings. The molecule has 1 aromatic carbocycles. The molecule has 0 aliphatic carbocycles. The summed E-state index contributed by atoms with van der Waals surface area (Å²) in [7, 11) is -3.87. The second-order valence-electron chi connectivity index (χ2n) is 3.84. The van der Waals surface area contributed by atoms with Crippen LogP contribution in [0.5, 0.6) is 0 Å². The van der Waals surface area contributed by atoms with Gasteiger partial charge in [0.1, 0.15) is 0 Å². The maximum absolute atomic E-state index is 12.0. The highest BCUT2D eigenvalue weighted by Crippen LogP contribution is 2.16. The van der Waals surface area contributed by atoms with Crippen LogP contribution < -0.4 is 10.5 Å². The van der Waals surface area contributed by atoms with Crippen molar-refractivity contribution < 1.29 is 13.2 Å². The minimum atomic E-state index is -3.87. The topological polar surface area (TPSA) is 113 Å². The number of benzene rings is 1. The van der Waals surface area contributed by atoms with Crippen molar-refractivity contribution in [1.82, 2.24) is 4.72 Å². The standard InChI is InChI=1S/C11H13N3O3S/c1-7-3-4-9(6-12)5-10(7)18(16,17)14-8(2)11(13)15/h3-5,8,14H,1-2H3,(H2,13,15). The normalized spacial score (nSPS) is 12.7. The Bertz CT molecular complexity index is 617. The number of nitrogens with two attached hydrogens (primary N) is 1. The van der Waals surface area contributed by atoms with E-state index in [0.29, 0.717) is 5.56 Å². The maximum atomic E-state index is 12.0. The van der Waals surface area contributed by atoms with Gasteiger partial charge in [-0.05, 0) is 31.5 Å². The van der Waals surface area contributed by atoms with Crippen LogP contribution >= 0.6 is 0 Å². The molecule has 1 amide bonds. The Morgan fingerprint density at radius 2 is 2.11 bits per heavy atom. The molecule has 1 atom stereocenters. The first-order valence-corrected chi connectivity index (χ1v) is 6.58. The largest absolute Gasteiger partial charge is 0.368 e. The second kappa shape index (κ2) is 5.16. The van der Waals surface area contributed by atoms with Crippen LogP contribution in [-0.4, -0.2) is 20.4 Å². The number of carbonyl (C=O) groups excluding carboxylic acids is 1. The lowest BCUT2D eigenvalue weighted by atomic mass is 10.2. The third-order valence-electron chi connectivity index (χ3n) is 2.37. The highest BCUT2D eigenvalue weighted by atomic mass is 32.2. The van der Waals surface area contributed by atoms with Crippen molar-refractivity contribution in [2.45, 2.75) is 24.8 Å². The van der Waals surface area contributed by atoms with Gasteiger partial charge >= 0.3 is 0 Å². The predicted molar refractivity (Wildman–Crippen MR) is 64.9 cm³/mol. The van der Waals surface area contributed by atoms with Crippen molar-refractivity contribution in [1.29, 1.82) is 5.26 Å². The number of primary amides is 1. The first-order valence-electron chi connectivity index (χ1n) is 5.10. The van der Waals surface area contributed by atoms with Crippen LogP contribution in [0.3, 0.4) is 0 Å². The number of hydrogen-bond donors (Lipinski definition) is 2. The van der Waals surface area contributed by atoms with E-state index in [0.717, 1.165) is 0 Å². The summed E-state index contributed by atoms with van der Waals surface area (Å²) >= 11 is 0. The van der Waals surface area contributed by atoms with E-state index in [4.69, 9.17) is 11.0 Å². The van der Waals surface area contributed by atoms with Crippen molar-refractivity contribution in [3.8, 4) is 6.07 Å². The van der Waals surface area contributed by atoms with Gasteiger partial charge in [0, 0.05) is 0 Å². The van der Waals surface area contributed by atoms with Crippen LogP contribution in [0, 0.1) is 18.3 Å². The number of hydrogen-bond acceptors (Lipinski definition) is 4. The van der Waals surface area contributed by atoms with E-state index in [-0.39, 0.29) is 10.5 Å². The maximum Gasteiger partial charge on any atom is 0.241 e. The number of nitrogens with zero attached hydrogens (tertiary/aromatic N) is 1. The van der Waals surface area contributed by atoms with Gasteiger partial charge in [0.25, 0.3) is 0 Å². The zero-order chi connectivity index (χ0) is 13.9. The Kier molecular flexibility index (Phi) is 4.06. The molecule has 0 heterocycles. The van der Waals surface area contributed by atoms with Crippen molar-refractivity contribution in [3.63, 3.8) is 0 Å². The fourth-order valence-electron chi connectivity index (χ4n) is 1.31. The molecule has 1 aromatic rings. The van der Waals surface area contributed by atoms with Crippen molar-refractivity contribution in [2.75, 3.05) is 0 Å². The molecule has 18 heavy (non-hydrogen) atoms. The van der Waals surface area contributed by atoms with Crippen molar-refractivity contribution in [2.24, 2.45) is 5.73 Å². The average molecular weight is 267 g/mol. The molecule has 0 aromatic heterocycles. The molecule has 1 unspecified atom stereocenters. The molecule has 0 aliphatic rings. The van der Waals surface area contributed by atoms with Crippen LogP contribution in [0.15, 0.2) is 23.1 Å². The summed E-state index contributed by atoms with van der Waals surface area (Å²) in [5.41, 5.74) is 5.71. The van der Waals surface area contributed by atoms with Crippen LogP contribution in [0.4, 0.5) is 0 Å². The van der Waals surface area contributed by atoms with Gasteiger partial charge in [-0.25, -0.2) is 8.42 Å². The van der Waals surface area contributed by atoms with Gasteiger partial charge in [0.05, 0.1) is 22.6 Å². The number of sulfonamides is 1. The number of nitrogens with one attached hydrogen (secondary N) is 1. The molecule has 1 rings (SSSR count). The summed E-state index contributed by atoms with van der Waals surface area (Å²) in [6.07, 6.45) is 0. The molecule has 0 saturated carbocycles. The lowest BCUT2D eigenvalue weighted by Gasteiger charge is -2.12. The SMILES string of the molecule is Cc1ccc(C#N)cc1S(=O)(=O)NC(C)C(N)=O. The van der Waals surface area contributed by atoms with E-state index < -0.39 is 22.0 Å². The zero-order valence-electron chi connectivity index (χ0n) is 9.97. The number of rotatable bonds is 4. The van der Waals surface area contributed by atoms with E-state index in [1.807, 2.05) is 6.07 Å². The van der Waals surface area contributed by atoms with Gasteiger partial charge in [-0.1, -0.05) is 6.07 Å². The molecule has 7 heteroatoms. The molecule has 96 valence electrons. The summed E-state index contributed by atoms with van der Waals surface area (Å²) in [4.78, 5) is 10.8. The van der Waals surface area contributed by atoms with Gasteiger partial charge in [0.15, 0.2) is 0 Å². The van der Waals surface area contributed by atoms with Crippen LogP contribution in [-0.2, 0) is 14.8 Å². The van der Waals surface area contributed by atoms with Gasteiger partial charge in [-0.2, -0.15) is 9.98 Å². The van der Waals surface area contributed by atoms with Gasteiger partial charge in [0.2, 0.25) is 15.9 Å². The number of nitriles is 1. The molecule has 6 nitrogen and oxygen atoms in total. The Hall–Kier alpha value is -1.91. The van der Waals surface area contributed by atoms with E-state index in [1.165, 1.54) is 25.1 Å². The lowest BCUT2D eigenvalue weighted by Crippen LogP contribution is -2.42. The Morgan fingerprint density at radius 3 is 2.61 bits per heavy atom. The first-order chi connectivity index (χ1) is 8.27. The average Bonchev–Trinajstić information content (AvgIpc) is 2.28. The molecule has 0 saturated heterocycles. The smallest absolute Gasteiger partial charge is 0.241 e. The summed E-state index contributed by atoms with van der Waals surface area (Å²) in [6, 6.07) is 5.15. The summed E-state index contributed by atoms with van der Waals surface area (Å²) in [5, 5.41) is 8.75. The molecular formula is C11H13N3O3S. The van der Waals surface area contributed by atoms with Gasteiger partial charge in [-0.15, -0.1) is 0 Å². The molecule has 0 aliphatic heterocycles. The van der Waals surface area contributed by atoms with E-state index in [2.05, 4.69) is 4.72 Å². The van der Waals surface area contributed by atoms with Crippen LogP contribution in [0.25, 0.3) is 0 Å². The Labute approximate surface area is 105 Å². The summed E-state index contributed by atoms with van der Waals surface area (Å²) < 4.78 is 26.2. The molecule has 0 radical (unpaired) electrons. The van der Waals surface area contributed by atoms with Crippen LogP contribution in [0.2, 0.25) is 0 Å². The highest BCUT2D eigenvalue weighted by Gasteiger charge is 2.22. The predicted octanol–water partition coefficient (Wildman–Crippen LogP) is 0.0188. The van der Waals surface area contributed by atoms with Gasteiger partial charge in [-0.3, -0.25) is 4.79 Å². The van der Waals surface area contributed by atoms with Crippen molar-refractivity contribution >= 4 is 15.9 Å². The molecule has 0 spiro atoms. The molecular weight excluding hydrogens is 254 g/mol. The second-order valence-corrected chi connectivity index (χ2v) is 5.52. The van der Waals surface area contributed by atoms with E-state index >= 15 is 0 Å². The zero-order valence-corrected chi connectivity index (χ0v) is 10.8. The third-order valence-corrected chi connectivity index (χ3v) is 4.05. The third kappa shape index (κ3) is 3.06. The Balaban J connectivity index is 3.21. The fourth-order valence-corrected chi connectivity index (χ4v) is 2.80. The quantitative estimate of drug-likeness (QED) is 0.800. The number of aryl methyl sites for hydroxylation is 1. The fraction of sp³-hybridized carbons (Fsp3) is 0.273. The summed E-state index contributed by atoms with van der Waals surface area (Å²) in [5.74, 6) is -0.771. The van der Waals surface area contributed by atoms with E-state index in [9.17, 15) is 13.2 Å². The van der Waals surface area contributed by atoms with Crippen molar-refractivity contribution in [3.05, 3.63) is 29.3 Å². The lowest BCUT2D eigenvalue weighted by molar-refractivity contribution is -0.119. The van der Waals surface area contributed by atoms with Crippen LogP contribution in [0.1, 0.15) is 18.1 Å². The monoisotopic (exact) mass is 267 g/mol. The minimum absolute atomic E-state index is 0.0327. The summed E-state index contributed by atoms with van der Waals surface area (Å²) in [6.45, 7) is 2.95. The number of carbonyl (C=O) groups is 1. The Morgan fingerprint density at radius 1 is 1.50 bits per heavy atom.